The lowest BCUT2D eigenvalue weighted by Crippen LogP contribution is -2.30. The maximum atomic E-state index is 5.69. The van der Waals surface area contributed by atoms with Gasteiger partial charge in [-0.15, -0.1) is 12.4 Å². The van der Waals surface area contributed by atoms with Crippen molar-refractivity contribution in [3.63, 3.8) is 0 Å². The second kappa shape index (κ2) is 7.09. The number of nitrogens with zero attached hydrogens (tertiary/aromatic N) is 1. The van der Waals surface area contributed by atoms with Gasteiger partial charge >= 0.3 is 0 Å². The van der Waals surface area contributed by atoms with Crippen molar-refractivity contribution in [1.29, 1.82) is 0 Å². The van der Waals surface area contributed by atoms with Crippen LogP contribution in [-0.2, 0) is 0 Å². The molecule has 1 N–H and O–H groups in total. The van der Waals surface area contributed by atoms with E-state index in [9.17, 15) is 0 Å². The smallest absolute Gasteiger partial charge is 0.137 e. The minimum atomic E-state index is 0. The van der Waals surface area contributed by atoms with Gasteiger partial charge in [-0.3, -0.25) is 0 Å². The van der Waals surface area contributed by atoms with Gasteiger partial charge in [-0.2, -0.15) is 0 Å². The molecule has 3 nitrogen and oxygen atoms in total. The van der Waals surface area contributed by atoms with Crippen LogP contribution >= 0.6 is 28.3 Å². The molecule has 1 aliphatic rings. The van der Waals surface area contributed by atoms with E-state index in [-0.39, 0.29) is 12.4 Å². The number of pyridine rings is 1. The molecule has 0 unspecified atom stereocenters. The molecule has 0 aromatic carbocycles. The second-order valence-electron chi connectivity index (χ2n) is 3.82. The molecule has 1 aromatic heterocycles. The number of nitrogens with one attached hydrogen (secondary N) is 1. The summed E-state index contributed by atoms with van der Waals surface area (Å²) in [4.78, 5) is 4.12. The van der Waals surface area contributed by atoms with E-state index in [0.717, 1.165) is 30.0 Å². The Balaban J connectivity index is 0.00000128. The summed E-state index contributed by atoms with van der Waals surface area (Å²) >= 11 is 3.30. The molecule has 1 aliphatic heterocycles. The Kier molecular flexibility index (Phi) is 6.09. The molecule has 0 aliphatic carbocycles. The maximum absolute atomic E-state index is 5.69. The van der Waals surface area contributed by atoms with E-state index in [2.05, 4.69) is 26.2 Å². The van der Waals surface area contributed by atoms with Crippen molar-refractivity contribution >= 4 is 28.3 Å². The lowest BCUT2D eigenvalue weighted by atomic mass is 9.99. The highest BCUT2D eigenvalue weighted by atomic mass is 79.9. The number of halogens is 2. The Morgan fingerprint density at radius 3 is 2.75 bits per heavy atom. The topological polar surface area (TPSA) is 34.1 Å². The average molecular weight is 308 g/mol. The summed E-state index contributed by atoms with van der Waals surface area (Å²) in [5, 5.41) is 3.35. The first-order valence-electron chi connectivity index (χ1n) is 5.29. The molecule has 1 aromatic rings. The van der Waals surface area contributed by atoms with Crippen molar-refractivity contribution in [3.05, 3.63) is 22.9 Å². The van der Waals surface area contributed by atoms with Gasteiger partial charge in [-0.05, 0) is 59.9 Å². The Bertz CT molecular complexity index is 301. The second-order valence-corrected chi connectivity index (χ2v) is 4.63. The zero-order chi connectivity index (χ0) is 10.5. The van der Waals surface area contributed by atoms with Crippen molar-refractivity contribution in [2.24, 2.45) is 5.92 Å². The summed E-state index contributed by atoms with van der Waals surface area (Å²) in [5.41, 5.74) is 0. The Hall–Kier alpha value is -0.320. The normalized spacial score (nSPS) is 16.6. The Labute approximate surface area is 111 Å². The summed E-state index contributed by atoms with van der Waals surface area (Å²) < 4.78 is 6.53. The molecule has 0 atom stereocenters. The van der Waals surface area contributed by atoms with Gasteiger partial charge in [-0.25, -0.2) is 4.98 Å². The van der Waals surface area contributed by atoms with Crippen molar-refractivity contribution in [3.8, 4) is 5.75 Å². The standard InChI is InChI=1S/C11H15BrN2O.ClH/c12-11-2-1-10(7-14-11)15-8-9-3-5-13-6-4-9;/h1-2,7,9,13H,3-6,8H2;1H. The molecule has 2 heterocycles. The fourth-order valence-corrected chi connectivity index (χ4v) is 1.94. The van der Waals surface area contributed by atoms with Crippen LogP contribution in [0.5, 0.6) is 5.75 Å². The summed E-state index contributed by atoms with van der Waals surface area (Å²) in [5.74, 6) is 1.55. The van der Waals surface area contributed by atoms with Crippen molar-refractivity contribution in [2.75, 3.05) is 19.7 Å². The van der Waals surface area contributed by atoms with Crippen LogP contribution in [0.3, 0.4) is 0 Å². The van der Waals surface area contributed by atoms with Crippen LogP contribution in [-0.4, -0.2) is 24.7 Å². The third-order valence-corrected chi connectivity index (χ3v) is 3.11. The zero-order valence-electron chi connectivity index (χ0n) is 8.99. The summed E-state index contributed by atoms with van der Waals surface area (Å²) in [6, 6.07) is 3.84. The zero-order valence-corrected chi connectivity index (χ0v) is 11.4. The molecular formula is C11H16BrClN2O. The van der Waals surface area contributed by atoms with Gasteiger partial charge in [-0.1, -0.05) is 0 Å². The first kappa shape index (κ1) is 13.7. The minimum Gasteiger partial charge on any atom is -0.492 e. The summed E-state index contributed by atoms with van der Waals surface area (Å²) in [7, 11) is 0. The summed E-state index contributed by atoms with van der Waals surface area (Å²) in [6.07, 6.45) is 4.18. The van der Waals surface area contributed by atoms with E-state index in [1.54, 1.807) is 6.20 Å². The monoisotopic (exact) mass is 306 g/mol. The fraction of sp³-hybridized carbons (Fsp3) is 0.545. The van der Waals surface area contributed by atoms with Gasteiger partial charge in [0.15, 0.2) is 0 Å². The van der Waals surface area contributed by atoms with E-state index in [4.69, 9.17) is 4.74 Å². The van der Waals surface area contributed by atoms with Gasteiger partial charge in [0.2, 0.25) is 0 Å². The van der Waals surface area contributed by atoms with Crippen molar-refractivity contribution in [1.82, 2.24) is 10.3 Å². The van der Waals surface area contributed by atoms with Crippen LogP contribution < -0.4 is 10.1 Å². The molecule has 0 saturated carbocycles. The molecule has 1 saturated heterocycles. The lowest BCUT2D eigenvalue weighted by Gasteiger charge is -2.22. The fourth-order valence-electron chi connectivity index (χ4n) is 1.71. The minimum absolute atomic E-state index is 0. The molecule has 5 heteroatoms. The first-order valence-corrected chi connectivity index (χ1v) is 6.09. The molecular weight excluding hydrogens is 291 g/mol. The average Bonchev–Trinajstić information content (AvgIpc) is 2.30. The van der Waals surface area contributed by atoms with Crippen LogP contribution in [0.4, 0.5) is 0 Å². The highest BCUT2D eigenvalue weighted by Gasteiger charge is 2.13. The Morgan fingerprint density at radius 2 is 2.12 bits per heavy atom. The predicted octanol–water partition coefficient (Wildman–Crippen LogP) is 2.64. The van der Waals surface area contributed by atoms with E-state index < -0.39 is 0 Å². The van der Waals surface area contributed by atoms with Crippen LogP contribution in [0, 0.1) is 5.92 Å². The molecule has 0 spiro atoms. The lowest BCUT2D eigenvalue weighted by molar-refractivity contribution is 0.214. The third kappa shape index (κ3) is 4.28. The van der Waals surface area contributed by atoms with Gasteiger partial charge < -0.3 is 10.1 Å². The number of hydrogen-bond donors (Lipinski definition) is 1. The van der Waals surface area contributed by atoms with E-state index in [1.165, 1.54) is 12.8 Å². The highest BCUT2D eigenvalue weighted by molar-refractivity contribution is 9.10. The van der Waals surface area contributed by atoms with Crippen molar-refractivity contribution in [2.45, 2.75) is 12.8 Å². The van der Waals surface area contributed by atoms with Crippen LogP contribution in [0.15, 0.2) is 22.9 Å². The van der Waals surface area contributed by atoms with Crippen LogP contribution in [0.1, 0.15) is 12.8 Å². The van der Waals surface area contributed by atoms with Gasteiger partial charge in [0.05, 0.1) is 12.8 Å². The molecule has 0 amide bonds. The molecule has 2 rings (SSSR count). The van der Waals surface area contributed by atoms with E-state index in [1.807, 2.05) is 12.1 Å². The third-order valence-electron chi connectivity index (χ3n) is 2.64. The van der Waals surface area contributed by atoms with Gasteiger partial charge in [0.25, 0.3) is 0 Å². The molecule has 16 heavy (non-hydrogen) atoms. The number of hydrogen-bond acceptors (Lipinski definition) is 3. The van der Waals surface area contributed by atoms with Gasteiger partial charge in [0, 0.05) is 0 Å². The number of aromatic nitrogens is 1. The largest absolute Gasteiger partial charge is 0.492 e. The molecule has 1 fully saturated rings. The SMILES string of the molecule is Brc1ccc(OCC2CCNCC2)cn1.Cl. The highest BCUT2D eigenvalue weighted by Crippen LogP contribution is 2.16. The molecule has 90 valence electrons. The number of rotatable bonds is 3. The van der Waals surface area contributed by atoms with Crippen LogP contribution in [0.2, 0.25) is 0 Å². The number of ether oxygens (including phenoxy) is 1. The quantitative estimate of drug-likeness (QED) is 0.872. The number of piperidine rings is 1. The summed E-state index contributed by atoms with van der Waals surface area (Å²) in [6.45, 7) is 3.05. The van der Waals surface area contributed by atoms with Crippen molar-refractivity contribution < 1.29 is 4.74 Å². The van der Waals surface area contributed by atoms with E-state index in [0.29, 0.717) is 5.92 Å². The molecule has 0 bridgehead atoms. The molecule has 0 radical (unpaired) electrons. The predicted molar refractivity (Wildman–Crippen MR) is 70.3 cm³/mol. The van der Waals surface area contributed by atoms with Gasteiger partial charge in [0.1, 0.15) is 10.4 Å². The first-order chi connectivity index (χ1) is 7.34. The Morgan fingerprint density at radius 1 is 1.38 bits per heavy atom. The van der Waals surface area contributed by atoms with Crippen LogP contribution in [0.25, 0.3) is 0 Å². The van der Waals surface area contributed by atoms with E-state index >= 15 is 0 Å². The maximum Gasteiger partial charge on any atom is 0.137 e.